The Labute approximate surface area is 159 Å². The van der Waals surface area contributed by atoms with Crippen LogP contribution in [0, 0.1) is 0 Å². The van der Waals surface area contributed by atoms with Gasteiger partial charge in [0.15, 0.2) is 0 Å². The van der Waals surface area contributed by atoms with E-state index in [4.69, 9.17) is 0 Å². The first-order chi connectivity index (χ1) is 12.8. The molecule has 2 amide bonds. The molecule has 2 N–H and O–H groups in total. The van der Waals surface area contributed by atoms with Crippen molar-refractivity contribution in [2.75, 3.05) is 16.8 Å². The summed E-state index contributed by atoms with van der Waals surface area (Å²) in [5, 5.41) is 12.7. The fraction of sp³-hybridized carbons (Fsp3) is 0.333. The molecular formula is C21H25N3O3. The van der Waals surface area contributed by atoms with E-state index in [1.54, 1.807) is 20.8 Å². The predicted octanol–water partition coefficient (Wildman–Crippen LogP) is 3.79. The SMILES string of the molecule is CC(C)(C)N(C(=O)O)[C@H]1CN(Cc2ccccc2)c2ccccc2NC1=O. The number of nitrogens with one attached hydrogen (secondary N) is 1. The third-order valence-electron chi connectivity index (χ3n) is 4.66. The first-order valence-corrected chi connectivity index (χ1v) is 8.98. The van der Waals surface area contributed by atoms with Crippen molar-refractivity contribution in [3.05, 3.63) is 60.2 Å². The lowest BCUT2D eigenvalue weighted by molar-refractivity contribution is -0.122. The Morgan fingerprint density at radius 3 is 2.41 bits per heavy atom. The highest BCUT2D eigenvalue weighted by molar-refractivity contribution is 6.01. The minimum atomic E-state index is -1.10. The molecule has 1 heterocycles. The van der Waals surface area contributed by atoms with Crippen molar-refractivity contribution in [1.82, 2.24) is 4.90 Å². The van der Waals surface area contributed by atoms with Crippen LogP contribution in [0.15, 0.2) is 54.6 Å². The van der Waals surface area contributed by atoms with Crippen molar-refractivity contribution in [3.63, 3.8) is 0 Å². The zero-order chi connectivity index (χ0) is 19.6. The van der Waals surface area contributed by atoms with Gasteiger partial charge in [-0.05, 0) is 38.5 Å². The lowest BCUT2D eigenvalue weighted by Gasteiger charge is -2.39. The van der Waals surface area contributed by atoms with Gasteiger partial charge in [0.1, 0.15) is 6.04 Å². The maximum absolute atomic E-state index is 12.9. The molecule has 0 aromatic heterocycles. The lowest BCUT2D eigenvalue weighted by atomic mass is 10.0. The molecule has 142 valence electrons. The molecule has 0 aliphatic carbocycles. The largest absolute Gasteiger partial charge is 0.465 e. The zero-order valence-corrected chi connectivity index (χ0v) is 15.8. The Morgan fingerprint density at radius 1 is 1.15 bits per heavy atom. The first-order valence-electron chi connectivity index (χ1n) is 8.98. The number of amides is 2. The summed E-state index contributed by atoms with van der Waals surface area (Å²) < 4.78 is 0. The van der Waals surface area contributed by atoms with Gasteiger partial charge in [-0.1, -0.05) is 42.5 Å². The summed E-state index contributed by atoms with van der Waals surface area (Å²) in [7, 11) is 0. The number of benzene rings is 2. The Morgan fingerprint density at radius 2 is 1.78 bits per heavy atom. The van der Waals surface area contributed by atoms with Crippen LogP contribution in [-0.4, -0.2) is 40.1 Å². The van der Waals surface area contributed by atoms with Gasteiger partial charge in [0, 0.05) is 18.6 Å². The van der Waals surface area contributed by atoms with Crippen molar-refractivity contribution < 1.29 is 14.7 Å². The molecule has 6 heteroatoms. The van der Waals surface area contributed by atoms with E-state index < -0.39 is 17.7 Å². The number of carbonyl (C=O) groups excluding carboxylic acids is 1. The summed E-state index contributed by atoms with van der Waals surface area (Å²) in [6.45, 7) is 6.26. The molecule has 0 radical (unpaired) electrons. The van der Waals surface area contributed by atoms with Crippen LogP contribution in [0.5, 0.6) is 0 Å². The van der Waals surface area contributed by atoms with Crippen LogP contribution in [0.3, 0.4) is 0 Å². The van der Waals surface area contributed by atoms with Crippen LogP contribution in [0.4, 0.5) is 16.2 Å². The summed E-state index contributed by atoms with van der Waals surface area (Å²) in [6.07, 6.45) is -1.10. The van der Waals surface area contributed by atoms with Crippen molar-refractivity contribution >= 4 is 23.4 Å². The normalized spacial score (nSPS) is 16.9. The van der Waals surface area contributed by atoms with Crippen LogP contribution in [0.2, 0.25) is 0 Å². The predicted molar refractivity (Wildman–Crippen MR) is 106 cm³/mol. The lowest BCUT2D eigenvalue weighted by Crippen LogP contribution is -2.58. The summed E-state index contributed by atoms with van der Waals surface area (Å²) in [4.78, 5) is 28.2. The Balaban J connectivity index is 2.02. The zero-order valence-electron chi connectivity index (χ0n) is 15.8. The molecule has 3 rings (SSSR count). The second-order valence-electron chi connectivity index (χ2n) is 7.71. The number of carbonyl (C=O) groups is 2. The summed E-state index contributed by atoms with van der Waals surface area (Å²) >= 11 is 0. The Hall–Kier alpha value is -3.02. The van der Waals surface area contributed by atoms with Crippen LogP contribution in [0.25, 0.3) is 0 Å². The van der Waals surface area contributed by atoms with E-state index in [2.05, 4.69) is 10.2 Å². The molecule has 0 saturated carbocycles. The number of carboxylic acid groups (broad SMARTS) is 1. The number of rotatable bonds is 3. The molecule has 1 atom stereocenters. The van der Waals surface area contributed by atoms with E-state index in [1.165, 1.54) is 4.90 Å². The van der Waals surface area contributed by atoms with E-state index in [9.17, 15) is 14.7 Å². The molecule has 2 aromatic rings. The topological polar surface area (TPSA) is 72.9 Å². The van der Waals surface area contributed by atoms with E-state index >= 15 is 0 Å². The average Bonchev–Trinajstić information content (AvgIpc) is 2.72. The third kappa shape index (κ3) is 4.05. The third-order valence-corrected chi connectivity index (χ3v) is 4.66. The molecule has 0 unspecified atom stereocenters. The molecule has 2 aromatic carbocycles. The van der Waals surface area contributed by atoms with Gasteiger partial charge in [0.25, 0.3) is 0 Å². The van der Waals surface area contributed by atoms with Crippen LogP contribution >= 0.6 is 0 Å². The van der Waals surface area contributed by atoms with Gasteiger partial charge in [0.05, 0.1) is 11.4 Å². The summed E-state index contributed by atoms with van der Waals surface area (Å²) in [6, 6.07) is 16.7. The summed E-state index contributed by atoms with van der Waals surface area (Å²) in [5.41, 5.74) is 1.97. The highest BCUT2D eigenvalue weighted by Crippen LogP contribution is 2.32. The molecule has 0 spiro atoms. The van der Waals surface area contributed by atoms with E-state index in [0.717, 1.165) is 11.3 Å². The van der Waals surface area contributed by atoms with E-state index in [-0.39, 0.29) is 12.5 Å². The van der Waals surface area contributed by atoms with Gasteiger partial charge in [-0.25, -0.2) is 4.79 Å². The van der Waals surface area contributed by atoms with Crippen molar-refractivity contribution in [1.29, 1.82) is 0 Å². The van der Waals surface area contributed by atoms with Crippen molar-refractivity contribution in [2.45, 2.75) is 38.9 Å². The first kappa shape index (κ1) is 18.8. The van der Waals surface area contributed by atoms with Gasteiger partial charge in [-0.3, -0.25) is 9.69 Å². The summed E-state index contributed by atoms with van der Waals surface area (Å²) in [5.74, 6) is -0.310. The highest BCUT2D eigenvalue weighted by Gasteiger charge is 2.40. The molecule has 6 nitrogen and oxygen atoms in total. The minimum absolute atomic E-state index is 0.279. The second-order valence-corrected chi connectivity index (χ2v) is 7.71. The quantitative estimate of drug-likeness (QED) is 0.866. The fourth-order valence-corrected chi connectivity index (χ4v) is 3.50. The molecule has 0 saturated heterocycles. The van der Waals surface area contributed by atoms with Crippen molar-refractivity contribution in [2.24, 2.45) is 0 Å². The average molecular weight is 367 g/mol. The fourth-order valence-electron chi connectivity index (χ4n) is 3.50. The number of nitrogens with zero attached hydrogens (tertiary/aromatic N) is 2. The molecule has 1 aliphatic rings. The number of anilines is 2. The highest BCUT2D eigenvalue weighted by atomic mass is 16.4. The molecular weight excluding hydrogens is 342 g/mol. The van der Waals surface area contributed by atoms with Gasteiger partial charge < -0.3 is 15.3 Å². The Kier molecular flexibility index (Phi) is 5.08. The van der Waals surface area contributed by atoms with Crippen LogP contribution < -0.4 is 10.2 Å². The van der Waals surface area contributed by atoms with E-state index in [1.807, 2.05) is 54.6 Å². The maximum Gasteiger partial charge on any atom is 0.408 e. The number of hydrogen-bond donors (Lipinski definition) is 2. The molecule has 0 bridgehead atoms. The van der Waals surface area contributed by atoms with Gasteiger partial charge in [-0.2, -0.15) is 0 Å². The second kappa shape index (κ2) is 7.31. The Bertz CT molecular complexity index is 830. The van der Waals surface area contributed by atoms with Crippen LogP contribution in [0.1, 0.15) is 26.3 Å². The number of fused-ring (bicyclic) bond motifs is 1. The smallest absolute Gasteiger partial charge is 0.408 e. The number of hydrogen-bond acceptors (Lipinski definition) is 3. The van der Waals surface area contributed by atoms with Crippen molar-refractivity contribution in [3.8, 4) is 0 Å². The maximum atomic E-state index is 12.9. The monoisotopic (exact) mass is 367 g/mol. The van der Waals surface area contributed by atoms with E-state index in [0.29, 0.717) is 12.2 Å². The number of para-hydroxylation sites is 2. The molecule has 1 aliphatic heterocycles. The molecule has 0 fully saturated rings. The van der Waals surface area contributed by atoms with Crippen LogP contribution in [-0.2, 0) is 11.3 Å². The molecule has 27 heavy (non-hydrogen) atoms. The minimum Gasteiger partial charge on any atom is -0.465 e. The standard InChI is InChI=1S/C21H25N3O3/c1-21(2,3)24(20(26)27)18-14-23(13-15-9-5-4-6-10-15)17-12-8-7-11-16(17)22-19(18)25/h4-12,18H,13-14H2,1-3H3,(H,22,25)(H,26,27)/t18-/m0/s1. The van der Waals surface area contributed by atoms with Gasteiger partial charge in [0.2, 0.25) is 5.91 Å². The van der Waals surface area contributed by atoms with Gasteiger partial charge >= 0.3 is 6.09 Å². The van der Waals surface area contributed by atoms with Gasteiger partial charge in [-0.15, -0.1) is 0 Å².